The number of amides is 1. The Kier molecular flexibility index (Phi) is 6.33. The van der Waals surface area contributed by atoms with Crippen molar-refractivity contribution in [3.8, 4) is 5.75 Å². The summed E-state index contributed by atoms with van der Waals surface area (Å²) in [6.45, 7) is 0.888. The van der Waals surface area contributed by atoms with E-state index in [1.165, 1.54) is 18.3 Å². The molecule has 146 valence electrons. The van der Waals surface area contributed by atoms with E-state index in [4.69, 9.17) is 9.47 Å². The molecule has 3 rings (SSSR count). The molecular weight excluding hydrogens is 358 g/mol. The van der Waals surface area contributed by atoms with Crippen molar-refractivity contribution in [3.05, 3.63) is 41.5 Å². The maximum Gasteiger partial charge on any atom is 0.272 e. The summed E-state index contributed by atoms with van der Waals surface area (Å²) in [5, 5.41) is 7.23. The Morgan fingerprint density at radius 1 is 1.41 bits per heavy atom. The van der Waals surface area contributed by atoms with Crippen molar-refractivity contribution in [1.29, 1.82) is 0 Å². The molecule has 27 heavy (non-hydrogen) atoms. The number of aromatic nitrogens is 3. The van der Waals surface area contributed by atoms with Crippen LogP contribution in [0.3, 0.4) is 0 Å². The van der Waals surface area contributed by atoms with Crippen LogP contribution in [0.15, 0.2) is 24.4 Å². The number of hydrogen-bond acceptors (Lipinski definition) is 5. The molecule has 1 saturated heterocycles. The van der Waals surface area contributed by atoms with Crippen molar-refractivity contribution in [2.24, 2.45) is 7.05 Å². The van der Waals surface area contributed by atoms with E-state index in [9.17, 15) is 13.6 Å². The Balaban J connectivity index is 1.59. The minimum Gasteiger partial charge on any atom is -0.488 e. The topological polar surface area (TPSA) is 78.3 Å². The molecule has 1 aliphatic heterocycles. The lowest BCUT2D eigenvalue weighted by Crippen LogP contribution is -2.25. The number of nitrogens with zero attached hydrogens (tertiary/aromatic N) is 3. The van der Waals surface area contributed by atoms with Crippen LogP contribution in [0, 0.1) is 0 Å². The van der Waals surface area contributed by atoms with Crippen LogP contribution in [0.5, 0.6) is 5.75 Å². The van der Waals surface area contributed by atoms with E-state index in [1.54, 1.807) is 17.8 Å². The fraction of sp³-hybridized carbons (Fsp3) is 0.500. The Morgan fingerprint density at radius 2 is 2.19 bits per heavy atom. The predicted molar refractivity (Wildman–Crippen MR) is 92.9 cm³/mol. The van der Waals surface area contributed by atoms with E-state index >= 15 is 0 Å². The number of hydrogen-bond donors (Lipinski definition) is 1. The van der Waals surface area contributed by atoms with Gasteiger partial charge in [-0.15, -0.1) is 0 Å². The SMILES string of the molecule is Cn1nc(C2CCOCC2)cc1C(=O)NCc1cc(OCC(F)F)ccn1. The van der Waals surface area contributed by atoms with Gasteiger partial charge in [-0.25, -0.2) is 8.78 Å². The highest BCUT2D eigenvalue weighted by Gasteiger charge is 2.21. The Labute approximate surface area is 155 Å². The minimum atomic E-state index is -2.55. The van der Waals surface area contributed by atoms with Crippen LogP contribution in [0.25, 0.3) is 0 Å². The summed E-state index contributed by atoms with van der Waals surface area (Å²) in [5.41, 5.74) is 1.87. The highest BCUT2D eigenvalue weighted by atomic mass is 19.3. The first-order valence-corrected chi connectivity index (χ1v) is 8.78. The fourth-order valence-corrected chi connectivity index (χ4v) is 2.96. The van der Waals surface area contributed by atoms with Crippen molar-refractivity contribution in [2.75, 3.05) is 19.8 Å². The van der Waals surface area contributed by atoms with Gasteiger partial charge in [0.05, 0.1) is 17.9 Å². The number of nitrogens with one attached hydrogen (secondary N) is 1. The van der Waals surface area contributed by atoms with Crippen LogP contribution in [0.4, 0.5) is 8.78 Å². The number of halogens is 2. The van der Waals surface area contributed by atoms with Gasteiger partial charge in [0, 0.05) is 38.4 Å². The maximum absolute atomic E-state index is 12.5. The van der Waals surface area contributed by atoms with E-state index < -0.39 is 13.0 Å². The van der Waals surface area contributed by atoms with E-state index in [2.05, 4.69) is 15.4 Å². The number of ether oxygens (including phenoxy) is 2. The van der Waals surface area contributed by atoms with Gasteiger partial charge in [-0.3, -0.25) is 14.5 Å². The molecule has 0 aromatic carbocycles. The summed E-state index contributed by atoms with van der Waals surface area (Å²) >= 11 is 0. The summed E-state index contributed by atoms with van der Waals surface area (Å²) in [5.74, 6) is 0.317. The molecule has 2 aromatic rings. The van der Waals surface area contributed by atoms with Gasteiger partial charge in [0.25, 0.3) is 12.3 Å². The molecular formula is C18H22F2N4O3. The average molecular weight is 380 g/mol. The molecule has 9 heteroatoms. The summed E-state index contributed by atoms with van der Waals surface area (Å²) in [6.07, 6.45) is 0.701. The Hall–Kier alpha value is -2.55. The van der Waals surface area contributed by atoms with Crippen molar-refractivity contribution < 1.29 is 23.0 Å². The second-order valence-corrected chi connectivity index (χ2v) is 6.33. The molecule has 0 bridgehead atoms. The van der Waals surface area contributed by atoms with Gasteiger partial charge in [0.1, 0.15) is 18.1 Å². The number of aryl methyl sites for hydroxylation is 1. The van der Waals surface area contributed by atoms with Crippen LogP contribution >= 0.6 is 0 Å². The zero-order valence-corrected chi connectivity index (χ0v) is 15.0. The molecule has 1 N–H and O–H groups in total. The van der Waals surface area contributed by atoms with Crippen LogP contribution in [0.1, 0.15) is 40.6 Å². The smallest absolute Gasteiger partial charge is 0.272 e. The monoisotopic (exact) mass is 380 g/mol. The molecule has 0 atom stereocenters. The van der Waals surface area contributed by atoms with Gasteiger partial charge in [-0.1, -0.05) is 0 Å². The van der Waals surface area contributed by atoms with Gasteiger partial charge in [-0.2, -0.15) is 5.10 Å². The molecule has 0 radical (unpaired) electrons. The van der Waals surface area contributed by atoms with Gasteiger partial charge in [-0.05, 0) is 25.0 Å². The lowest BCUT2D eigenvalue weighted by atomic mass is 9.96. The van der Waals surface area contributed by atoms with Gasteiger partial charge >= 0.3 is 0 Å². The summed E-state index contributed by atoms with van der Waals surface area (Å²) < 4.78 is 36.3. The lowest BCUT2D eigenvalue weighted by Gasteiger charge is -2.19. The molecule has 1 amide bonds. The number of alkyl halides is 2. The Morgan fingerprint density at radius 3 is 2.93 bits per heavy atom. The van der Waals surface area contributed by atoms with Crippen LogP contribution < -0.4 is 10.1 Å². The zero-order valence-electron chi connectivity index (χ0n) is 15.0. The quantitative estimate of drug-likeness (QED) is 0.797. The highest BCUT2D eigenvalue weighted by molar-refractivity contribution is 5.92. The normalized spacial score (nSPS) is 15.1. The summed E-state index contributed by atoms with van der Waals surface area (Å²) in [4.78, 5) is 16.6. The maximum atomic E-state index is 12.5. The number of carbonyl (C=O) groups excluding carboxylic acids is 1. The van der Waals surface area contributed by atoms with E-state index in [0.717, 1.165) is 18.5 Å². The largest absolute Gasteiger partial charge is 0.488 e. The zero-order chi connectivity index (χ0) is 19.2. The van der Waals surface area contributed by atoms with Crippen LogP contribution in [0.2, 0.25) is 0 Å². The van der Waals surface area contributed by atoms with E-state index in [0.29, 0.717) is 30.5 Å². The van der Waals surface area contributed by atoms with Crippen LogP contribution in [-0.2, 0) is 18.3 Å². The first-order chi connectivity index (χ1) is 13.0. The number of pyridine rings is 1. The molecule has 0 aliphatic carbocycles. The summed E-state index contributed by atoms with van der Waals surface area (Å²) in [7, 11) is 1.73. The van der Waals surface area contributed by atoms with Crippen molar-refractivity contribution in [1.82, 2.24) is 20.1 Å². The molecule has 1 aliphatic rings. The molecule has 0 unspecified atom stereocenters. The van der Waals surface area contributed by atoms with Gasteiger partial charge in [0.2, 0.25) is 0 Å². The van der Waals surface area contributed by atoms with E-state index in [1.807, 2.05) is 0 Å². The first kappa shape index (κ1) is 19.2. The lowest BCUT2D eigenvalue weighted by molar-refractivity contribution is 0.0818. The number of carbonyl (C=O) groups is 1. The second kappa shape index (κ2) is 8.90. The second-order valence-electron chi connectivity index (χ2n) is 6.33. The molecule has 2 aromatic heterocycles. The third-order valence-electron chi connectivity index (χ3n) is 4.37. The fourth-order valence-electron chi connectivity index (χ4n) is 2.96. The molecule has 0 saturated carbocycles. The predicted octanol–water partition coefficient (Wildman–Crippen LogP) is 2.28. The standard InChI is InChI=1S/C18H22F2N4O3/c1-24-16(9-15(23-24)12-3-6-26-7-4-12)18(25)22-10-13-8-14(2-5-21-13)27-11-17(19)20/h2,5,8-9,12,17H,3-4,6-7,10-11H2,1H3,(H,22,25). The first-order valence-electron chi connectivity index (χ1n) is 8.78. The molecule has 0 spiro atoms. The van der Waals surface area contributed by atoms with Gasteiger partial charge in [0.15, 0.2) is 0 Å². The van der Waals surface area contributed by atoms with Crippen LogP contribution in [-0.4, -0.2) is 46.9 Å². The van der Waals surface area contributed by atoms with E-state index in [-0.39, 0.29) is 18.2 Å². The highest BCUT2D eigenvalue weighted by Crippen LogP contribution is 2.26. The molecule has 1 fully saturated rings. The van der Waals surface area contributed by atoms with Gasteiger partial charge < -0.3 is 14.8 Å². The summed E-state index contributed by atoms with van der Waals surface area (Å²) in [6, 6.07) is 4.83. The third-order valence-corrected chi connectivity index (χ3v) is 4.37. The van der Waals surface area contributed by atoms with Crippen molar-refractivity contribution in [3.63, 3.8) is 0 Å². The third kappa shape index (κ3) is 5.22. The Bertz CT molecular complexity index is 776. The molecule has 3 heterocycles. The number of rotatable bonds is 7. The average Bonchev–Trinajstić information content (AvgIpc) is 3.07. The minimum absolute atomic E-state index is 0.155. The molecule has 7 nitrogen and oxygen atoms in total. The van der Waals surface area contributed by atoms with Crippen molar-refractivity contribution in [2.45, 2.75) is 31.7 Å². The van der Waals surface area contributed by atoms with Crippen molar-refractivity contribution >= 4 is 5.91 Å².